The second kappa shape index (κ2) is 9.86. The lowest BCUT2D eigenvalue weighted by Gasteiger charge is -2.17. The van der Waals surface area contributed by atoms with E-state index in [1.165, 1.54) is 6.42 Å². The average molecular weight is 456 g/mol. The lowest BCUT2D eigenvalue weighted by molar-refractivity contribution is 0.449. The van der Waals surface area contributed by atoms with Gasteiger partial charge in [-0.15, -0.1) is 0 Å². The molecule has 0 spiro atoms. The summed E-state index contributed by atoms with van der Waals surface area (Å²) >= 11 is 6.07. The molecule has 0 radical (unpaired) electrons. The molecule has 33 heavy (non-hydrogen) atoms. The van der Waals surface area contributed by atoms with Crippen molar-refractivity contribution in [1.82, 2.24) is 20.3 Å². The van der Waals surface area contributed by atoms with Gasteiger partial charge in [0, 0.05) is 35.3 Å². The van der Waals surface area contributed by atoms with Gasteiger partial charge in [0.25, 0.3) is 0 Å². The average Bonchev–Trinajstić information content (AvgIpc) is 2.86. The van der Waals surface area contributed by atoms with Crippen LogP contribution >= 0.6 is 11.6 Å². The summed E-state index contributed by atoms with van der Waals surface area (Å²) < 4.78 is 5.81. The predicted molar refractivity (Wildman–Crippen MR) is 131 cm³/mol. The molecule has 6 nitrogen and oxygen atoms in total. The topological polar surface area (TPSA) is 72.0 Å². The first-order chi connectivity index (χ1) is 16.2. The number of nitrogens with one attached hydrogen (secondary N) is 2. The largest absolute Gasteiger partial charge is 0.454 e. The van der Waals surface area contributed by atoms with E-state index in [0.29, 0.717) is 22.6 Å². The van der Waals surface area contributed by atoms with E-state index in [0.717, 1.165) is 47.5 Å². The van der Waals surface area contributed by atoms with Crippen molar-refractivity contribution in [2.24, 2.45) is 5.92 Å². The molecule has 1 fully saturated rings. The van der Waals surface area contributed by atoms with Crippen LogP contribution in [0.15, 0.2) is 67.1 Å². The molecular formula is C26H22ClN5O. The Balaban J connectivity index is 1.35. The van der Waals surface area contributed by atoms with Crippen molar-refractivity contribution >= 4 is 34.0 Å². The van der Waals surface area contributed by atoms with Crippen LogP contribution in [0.1, 0.15) is 18.4 Å². The van der Waals surface area contributed by atoms with Crippen LogP contribution in [0.25, 0.3) is 10.9 Å². The summed E-state index contributed by atoms with van der Waals surface area (Å²) in [4.78, 5) is 12.9. The molecule has 1 aliphatic rings. The summed E-state index contributed by atoms with van der Waals surface area (Å²) in [7, 11) is 0. The fourth-order valence-electron chi connectivity index (χ4n) is 3.71. The Morgan fingerprint density at radius 2 is 1.97 bits per heavy atom. The second-order valence-corrected chi connectivity index (χ2v) is 8.17. The zero-order valence-electron chi connectivity index (χ0n) is 17.9. The summed E-state index contributed by atoms with van der Waals surface area (Å²) in [6, 6.07) is 17.2. The first-order valence-electron chi connectivity index (χ1n) is 10.9. The highest BCUT2D eigenvalue weighted by Crippen LogP contribution is 2.29. The molecule has 2 aromatic heterocycles. The number of rotatable bonds is 4. The maximum Gasteiger partial charge on any atom is 0.171 e. The van der Waals surface area contributed by atoms with E-state index < -0.39 is 0 Å². The van der Waals surface area contributed by atoms with Gasteiger partial charge in [-0.3, -0.25) is 0 Å². The van der Waals surface area contributed by atoms with Crippen LogP contribution in [0.4, 0.5) is 11.5 Å². The number of pyridine rings is 1. The van der Waals surface area contributed by atoms with E-state index in [1.807, 2.05) is 42.5 Å². The van der Waals surface area contributed by atoms with Gasteiger partial charge in [-0.05, 0) is 74.0 Å². The maximum atomic E-state index is 6.07. The van der Waals surface area contributed by atoms with Crippen molar-refractivity contribution in [2.45, 2.75) is 12.8 Å². The van der Waals surface area contributed by atoms with Crippen LogP contribution in [0, 0.1) is 17.8 Å². The predicted octanol–water partition coefficient (Wildman–Crippen LogP) is 5.57. The number of halogens is 1. The van der Waals surface area contributed by atoms with E-state index >= 15 is 0 Å². The first-order valence-corrected chi connectivity index (χ1v) is 11.2. The van der Waals surface area contributed by atoms with E-state index in [2.05, 4.69) is 37.4 Å². The minimum Gasteiger partial charge on any atom is -0.454 e. The SMILES string of the molecule is Clc1ncccc1Oc1ccc(Nc2ncnc3ccc(C#CC4CCCNC4)cc23)cc1. The number of fused-ring (bicyclic) bond motifs is 1. The molecule has 1 aliphatic heterocycles. The van der Waals surface area contributed by atoms with Crippen LogP contribution in [-0.2, 0) is 0 Å². The normalized spacial score (nSPS) is 15.5. The van der Waals surface area contributed by atoms with Crippen LogP contribution in [0.5, 0.6) is 11.5 Å². The molecule has 4 aromatic rings. The van der Waals surface area contributed by atoms with Crippen LogP contribution in [0.3, 0.4) is 0 Å². The summed E-state index contributed by atoms with van der Waals surface area (Å²) in [5.74, 6) is 9.04. The standard InChI is InChI=1S/C26H22ClN5O/c27-25-24(4-2-14-29-25)33-21-10-8-20(9-11-21)32-26-22-15-18(7-12-23(22)30-17-31-26)5-6-19-3-1-13-28-16-19/h2,4,7-12,14-15,17,19,28H,1,3,13,16H2,(H,30,31,32). The third kappa shape index (κ3) is 5.23. The summed E-state index contributed by atoms with van der Waals surface area (Å²) in [5, 5.41) is 8.03. The molecule has 0 amide bonds. The summed E-state index contributed by atoms with van der Waals surface area (Å²) in [6.45, 7) is 2.05. The zero-order valence-corrected chi connectivity index (χ0v) is 18.6. The van der Waals surface area contributed by atoms with E-state index in [-0.39, 0.29) is 0 Å². The Morgan fingerprint density at radius 1 is 1.06 bits per heavy atom. The molecular weight excluding hydrogens is 434 g/mol. The monoisotopic (exact) mass is 455 g/mol. The third-order valence-electron chi connectivity index (χ3n) is 5.42. The molecule has 7 heteroatoms. The van der Waals surface area contributed by atoms with Crippen molar-refractivity contribution in [3.63, 3.8) is 0 Å². The number of anilines is 2. The highest BCUT2D eigenvalue weighted by atomic mass is 35.5. The number of ether oxygens (including phenoxy) is 1. The Labute approximate surface area is 197 Å². The van der Waals surface area contributed by atoms with Crippen LogP contribution in [0.2, 0.25) is 5.15 Å². The van der Waals surface area contributed by atoms with Gasteiger partial charge in [0.2, 0.25) is 0 Å². The van der Waals surface area contributed by atoms with Gasteiger partial charge in [-0.25, -0.2) is 15.0 Å². The molecule has 2 N–H and O–H groups in total. The Kier molecular flexibility index (Phi) is 6.34. The molecule has 0 bridgehead atoms. The first kappa shape index (κ1) is 21.2. The molecule has 0 saturated carbocycles. The minimum atomic E-state index is 0.325. The van der Waals surface area contributed by atoms with E-state index in [1.54, 1.807) is 24.7 Å². The van der Waals surface area contributed by atoms with Crippen molar-refractivity contribution in [1.29, 1.82) is 0 Å². The van der Waals surface area contributed by atoms with Crippen molar-refractivity contribution in [3.8, 4) is 23.3 Å². The molecule has 3 heterocycles. The van der Waals surface area contributed by atoms with Gasteiger partial charge in [0.1, 0.15) is 17.9 Å². The van der Waals surface area contributed by atoms with Crippen molar-refractivity contribution < 1.29 is 4.74 Å². The maximum absolute atomic E-state index is 6.07. The smallest absolute Gasteiger partial charge is 0.171 e. The minimum absolute atomic E-state index is 0.325. The van der Waals surface area contributed by atoms with E-state index in [9.17, 15) is 0 Å². The van der Waals surface area contributed by atoms with Gasteiger partial charge in [0.15, 0.2) is 10.9 Å². The summed E-state index contributed by atoms with van der Waals surface area (Å²) in [6.07, 6.45) is 5.51. The Morgan fingerprint density at radius 3 is 2.79 bits per heavy atom. The quantitative estimate of drug-likeness (QED) is 0.310. The lowest BCUT2D eigenvalue weighted by atomic mass is 10.00. The van der Waals surface area contributed by atoms with Gasteiger partial charge >= 0.3 is 0 Å². The number of hydrogen-bond acceptors (Lipinski definition) is 6. The fraction of sp³-hybridized carbons (Fsp3) is 0.192. The molecule has 1 saturated heterocycles. The number of piperidine rings is 1. The second-order valence-electron chi connectivity index (χ2n) is 7.81. The number of hydrogen-bond donors (Lipinski definition) is 2. The van der Waals surface area contributed by atoms with Gasteiger partial charge in [-0.1, -0.05) is 23.4 Å². The summed E-state index contributed by atoms with van der Waals surface area (Å²) in [5.41, 5.74) is 2.70. The van der Waals surface area contributed by atoms with Crippen LogP contribution in [-0.4, -0.2) is 28.0 Å². The van der Waals surface area contributed by atoms with Crippen LogP contribution < -0.4 is 15.4 Å². The molecule has 5 rings (SSSR count). The fourth-order valence-corrected chi connectivity index (χ4v) is 3.87. The lowest BCUT2D eigenvalue weighted by Crippen LogP contribution is -2.28. The highest BCUT2D eigenvalue weighted by Gasteiger charge is 2.10. The van der Waals surface area contributed by atoms with E-state index in [4.69, 9.17) is 16.3 Å². The van der Waals surface area contributed by atoms with Crippen molar-refractivity contribution in [3.05, 3.63) is 77.8 Å². The highest BCUT2D eigenvalue weighted by molar-refractivity contribution is 6.30. The molecule has 1 atom stereocenters. The molecule has 0 aliphatic carbocycles. The van der Waals surface area contributed by atoms with Gasteiger partial charge < -0.3 is 15.4 Å². The number of benzene rings is 2. The Hall–Kier alpha value is -3.66. The number of nitrogens with zero attached hydrogens (tertiary/aromatic N) is 3. The van der Waals surface area contributed by atoms with Gasteiger partial charge in [0.05, 0.1) is 5.52 Å². The molecule has 1 unspecified atom stereocenters. The zero-order chi connectivity index (χ0) is 22.5. The van der Waals surface area contributed by atoms with Crippen molar-refractivity contribution in [2.75, 3.05) is 18.4 Å². The third-order valence-corrected chi connectivity index (χ3v) is 5.71. The molecule has 164 valence electrons. The Bertz CT molecular complexity index is 1320. The van der Waals surface area contributed by atoms with Gasteiger partial charge in [-0.2, -0.15) is 0 Å². The molecule has 2 aromatic carbocycles. The number of aromatic nitrogens is 3.